The van der Waals surface area contributed by atoms with Crippen LogP contribution in [0.15, 0.2) is 55.1 Å². The maximum Gasteiger partial charge on any atom is 0.253 e. The Hall–Kier alpha value is -2.89. The molecule has 3 aromatic rings. The van der Waals surface area contributed by atoms with Crippen molar-refractivity contribution in [3.8, 4) is 5.69 Å². The third-order valence-corrected chi connectivity index (χ3v) is 4.67. The van der Waals surface area contributed by atoms with Gasteiger partial charge in [0.15, 0.2) is 0 Å². The lowest BCUT2D eigenvalue weighted by atomic mass is 10.0. The van der Waals surface area contributed by atoms with Crippen LogP contribution in [0.2, 0.25) is 0 Å². The zero-order valence-electron chi connectivity index (χ0n) is 14.2. The Morgan fingerprint density at radius 3 is 2.72 bits per heavy atom. The van der Waals surface area contributed by atoms with Gasteiger partial charge >= 0.3 is 0 Å². The molecule has 1 aromatic carbocycles. The van der Waals surface area contributed by atoms with Crippen LogP contribution in [0.25, 0.3) is 5.69 Å². The molecule has 1 fully saturated rings. The largest absolute Gasteiger partial charge is 0.337 e. The van der Waals surface area contributed by atoms with E-state index in [9.17, 15) is 4.79 Å². The van der Waals surface area contributed by atoms with Crippen molar-refractivity contribution in [3.05, 3.63) is 66.2 Å². The van der Waals surface area contributed by atoms with Crippen molar-refractivity contribution in [1.82, 2.24) is 24.5 Å². The number of nitrogens with zero attached hydrogens (tertiary/aromatic N) is 5. The summed E-state index contributed by atoms with van der Waals surface area (Å²) in [7, 11) is 0. The number of hydrogen-bond donors (Lipinski definition) is 0. The third-order valence-electron chi connectivity index (χ3n) is 4.67. The zero-order valence-corrected chi connectivity index (χ0v) is 14.2. The van der Waals surface area contributed by atoms with E-state index in [1.165, 1.54) is 0 Å². The number of aromatic nitrogens is 4. The normalized spacial score (nSPS) is 17.6. The first-order valence-electron chi connectivity index (χ1n) is 8.61. The first-order valence-corrected chi connectivity index (χ1v) is 8.61. The average molecular weight is 335 g/mol. The summed E-state index contributed by atoms with van der Waals surface area (Å²) in [5.41, 5.74) is 2.78. The lowest BCUT2D eigenvalue weighted by Gasteiger charge is -2.33. The number of benzene rings is 1. The molecule has 0 radical (unpaired) electrons. The Morgan fingerprint density at radius 1 is 1.20 bits per heavy atom. The van der Waals surface area contributed by atoms with Gasteiger partial charge in [0.05, 0.1) is 17.9 Å². The molecule has 6 heteroatoms. The van der Waals surface area contributed by atoms with Gasteiger partial charge in [-0.05, 0) is 55.7 Å². The van der Waals surface area contributed by atoms with Gasteiger partial charge in [0.1, 0.15) is 0 Å². The van der Waals surface area contributed by atoms with E-state index in [4.69, 9.17) is 0 Å². The van der Waals surface area contributed by atoms with Gasteiger partial charge in [-0.25, -0.2) is 4.68 Å². The van der Waals surface area contributed by atoms with Crippen molar-refractivity contribution in [2.24, 2.45) is 0 Å². The summed E-state index contributed by atoms with van der Waals surface area (Å²) in [6.45, 7) is 3.52. The lowest BCUT2D eigenvalue weighted by molar-refractivity contribution is 0.0673. The molecule has 4 rings (SSSR count). The van der Waals surface area contributed by atoms with Gasteiger partial charge in [-0.1, -0.05) is 0 Å². The Kier molecular flexibility index (Phi) is 4.09. The lowest BCUT2D eigenvalue weighted by Crippen LogP contribution is -2.40. The Labute approximate surface area is 146 Å². The highest BCUT2D eigenvalue weighted by molar-refractivity contribution is 5.94. The molecule has 25 heavy (non-hydrogen) atoms. The van der Waals surface area contributed by atoms with Crippen LogP contribution in [-0.2, 0) is 0 Å². The minimum Gasteiger partial charge on any atom is -0.337 e. The number of likely N-dealkylation sites (tertiary alicyclic amines) is 1. The minimum atomic E-state index is 0.0834. The molecule has 1 unspecified atom stereocenters. The van der Waals surface area contributed by atoms with E-state index >= 15 is 0 Å². The van der Waals surface area contributed by atoms with E-state index in [-0.39, 0.29) is 11.9 Å². The van der Waals surface area contributed by atoms with Crippen LogP contribution in [0.4, 0.5) is 0 Å². The standard InChI is InChI=1S/C19H21N5O/c1-15-12-21-24(13-15)17-7-5-16(6-8-17)19(25)22-10-2-4-18(14-22)23-11-3-9-20-23/h3,5-9,11-13,18H,2,4,10,14H2,1H3. The molecule has 1 aliphatic rings. The van der Waals surface area contributed by atoms with Gasteiger partial charge < -0.3 is 4.90 Å². The fourth-order valence-electron chi connectivity index (χ4n) is 3.35. The summed E-state index contributed by atoms with van der Waals surface area (Å²) >= 11 is 0. The van der Waals surface area contributed by atoms with Crippen molar-refractivity contribution in [2.75, 3.05) is 13.1 Å². The summed E-state index contributed by atoms with van der Waals surface area (Å²) in [6, 6.07) is 9.83. The fourth-order valence-corrected chi connectivity index (χ4v) is 3.35. The molecule has 128 valence electrons. The van der Waals surface area contributed by atoms with E-state index in [2.05, 4.69) is 10.2 Å². The molecule has 0 saturated carbocycles. The van der Waals surface area contributed by atoms with Gasteiger partial charge in [-0.3, -0.25) is 9.48 Å². The molecule has 1 aliphatic heterocycles. The second kappa shape index (κ2) is 6.55. The molecule has 3 heterocycles. The van der Waals surface area contributed by atoms with E-state index in [1.807, 2.05) is 70.1 Å². The van der Waals surface area contributed by atoms with E-state index < -0.39 is 0 Å². The van der Waals surface area contributed by atoms with Crippen LogP contribution in [0, 0.1) is 6.92 Å². The first-order chi connectivity index (χ1) is 12.2. The van der Waals surface area contributed by atoms with Crippen molar-refractivity contribution >= 4 is 5.91 Å². The number of piperidine rings is 1. The summed E-state index contributed by atoms with van der Waals surface area (Å²) in [5, 5.41) is 8.62. The van der Waals surface area contributed by atoms with E-state index in [1.54, 1.807) is 6.20 Å². The van der Waals surface area contributed by atoms with Crippen molar-refractivity contribution in [3.63, 3.8) is 0 Å². The van der Waals surface area contributed by atoms with Crippen LogP contribution in [0.5, 0.6) is 0 Å². The van der Waals surface area contributed by atoms with Crippen LogP contribution in [0.3, 0.4) is 0 Å². The highest BCUT2D eigenvalue weighted by atomic mass is 16.2. The number of hydrogen-bond acceptors (Lipinski definition) is 3. The Bertz CT molecular complexity index is 850. The highest BCUT2D eigenvalue weighted by Crippen LogP contribution is 2.22. The number of carbonyl (C=O) groups excluding carboxylic acids is 1. The predicted molar refractivity (Wildman–Crippen MR) is 94.7 cm³/mol. The molecule has 2 aromatic heterocycles. The maximum absolute atomic E-state index is 12.8. The summed E-state index contributed by atoms with van der Waals surface area (Å²) in [4.78, 5) is 14.8. The van der Waals surface area contributed by atoms with Gasteiger partial charge in [-0.2, -0.15) is 10.2 Å². The van der Waals surface area contributed by atoms with Crippen LogP contribution >= 0.6 is 0 Å². The molecule has 0 aliphatic carbocycles. The Morgan fingerprint density at radius 2 is 2.04 bits per heavy atom. The maximum atomic E-state index is 12.8. The quantitative estimate of drug-likeness (QED) is 0.739. The SMILES string of the molecule is Cc1cnn(-c2ccc(C(=O)N3CCCC(n4cccn4)C3)cc2)c1. The number of aryl methyl sites for hydroxylation is 1. The van der Waals surface area contributed by atoms with E-state index in [0.29, 0.717) is 12.1 Å². The number of carbonyl (C=O) groups is 1. The summed E-state index contributed by atoms with van der Waals surface area (Å²) in [5.74, 6) is 0.0834. The predicted octanol–water partition coefficient (Wildman–Crippen LogP) is 2.85. The monoisotopic (exact) mass is 335 g/mol. The molecule has 6 nitrogen and oxygen atoms in total. The molecule has 0 bridgehead atoms. The smallest absolute Gasteiger partial charge is 0.253 e. The first kappa shape index (κ1) is 15.6. The summed E-state index contributed by atoms with van der Waals surface area (Å²) < 4.78 is 3.78. The summed E-state index contributed by atoms with van der Waals surface area (Å²) in [6.07, 6.45) is 9.61. The molecule has 1 saturated heterocycles. The molecule has 0 spiro atoms. The van der Waals surface area contributed by atoms with Gasteiger partial charge in [0.2, 0.25) is 0 Å². The molecular formula is C19H21N5O. The van der Waals surface area contributed by atoms with Crippen LogP contribution in [-0.4, -0.2) is 43.5 Å². The molecule has 1 amide bonds. The fraction of sp³-hybridized carbons (Fsp3) is 0.316. The second-order valence-corrected chi connectivity index (χ2v) is 6.54. The van der Waals surface area contributed by atoms with Crippen molar-refractivity contribution in [1.29, 1.82) is 0 Å². The number of amides is 1. The minimum absolute atomic E-state index is 0.0834. The zero-order chi connectivity index (χ0) is 17.2. The molecule has 0 N–H and O–H groups in total. The molecular weight excluding hydrogens is 314 g/mol. The topological polar surface area (TPSA) is 56.0 Å². The van der Waals surface area contributed by atoms with Gasteiger partial charge in [0.25, 0.3) is 5.91 Å². The van der Waals surface area contributed by atoms with Crippen LogP contribution < -0.4 is 0 Å². The average Bonchev–Trinajstić information content (AvgIpc) is 3.33. The second-order valence-electron chi connectivity index (χ2n) is 6.54. The van der Waals surface area contributed by atoms with Crippen molar-refractivity contribution in [2.45, 2.75) is 25.8 Å². The molecule has 1 atom stereocenters. The highest BCUT2D eigenvalue weighted by Gasteiger charge is 2.25. The van der Waals surface area contributed by atoms with Gasteiger partial charge in [0, 0.05) is 37.2 Å². The third kappa shape index (κ3) is 3.20. The van der Waals surface area contributed by atoms with Crippen LogP contribution in [0.1, 0.15) is 34.8 Å². The Balaban J connectivity index is 1.48. The number of rotatable bonds is 3. The van der Waals surface area contributed by atoms with E-state index in [0.717, 1.165) is 30.6 Å². The van der Waals surface area contributed by atoms with Gasteiger partial charge in [-0.15, -0.1) is 0 Å². The van der Waals surface area contributed by atoms with Crippen molar-refractivity contribution < 1.29 is 4.79 Å².